The van der Waals surface area contributed by atoms with Gasteiger partial charge in [-0.15, -0.1) is 0 Å². The molecule has 1 fully saturated rings. The van der Waals surface area contributed by atoms with Crippen molar-refractivity contribution in [2.75, 3.05) is 25.0 Å². The van der Waals surface area contributed by atoms with E-state index in [1.165, 1.54) is 0 Å². The lowest BCUT2D eigenvalue weighted by molar-refractivity contribution is 0.463. The molecule has 2 aliphatic heterocycles. The Morgan fingerprint density at radius 2 is 1.90 bits per heavy atom. The fraction of sp³-hybridized carbons (Fsp3) is 0.600. The highest BCUT2D eigenvalue weighted by atomic mass is 32.2. The Balaban J connectivity index is 1.92. The molecule has 1 aromatic carbocycles. The Morgan fingerprint density at radius 3 is 2.60 bits per heavy atom. The molecule has 0 radical (unpaired) electrons. The molecule has 1 N–H and O–H groups in total. The van der Waals surface area contributed by atoms with Crippen LogP contribution in [-0.4, -0.2) is 32.4 Å². The van der Waals surface area contributed by atoms with Gasteiger partial charge in [0.15, 0.2) is 0 Å². The molecular formula is C15H22N2O2S. The van der Waals surface area contributed by atoms with Gasteiger partial charge in [0.05, 0.1) is 4.90 Å². The van der Waals surface area contributed by atoms with Gasteiger partial charge in [0.1, 0.15) is 0 Å². The molecular weight excluding hydrogens is 272 g/mol. The van der Waals surface area contributed by atoms with Gasteiger partial charge >= 0.3 is 0 Å². The van der Waals surface area contributed by atoms with Crippen LogP contribution in [0.15, 0.2) is 23.1 Å². The third-order valence-electron chi connectivity index (χ3n) is 4.61. The van der Waals surface area contributed by atoms with Crippen molar-refractivity contribution in [2.24, 2.45) is 11.8 Å². The first kappa shape index (κ1) is 13.9. The van der Waals surface area contributed by atoms with Crippen molar-refractivity contribution in [3.05, 3.63) is 23.8 Å². The Bertz CT molecular complexity index is 602. The van der Waals surface area contributed by atoms with Gasteiger partial charge in [0.25, 0.3) is 0 Å². The first-order valence-corrected chi connectivity index (χ1v) is 8.79. The summed E-state index contributed by atoms with van der Waals surface area (Å²) in [5.41, 5.74) is 2.20. The molecule has 2 heterocycles. The highest BCUT2D eigenvalue weighted by molar-refractivity contribution is 7.89. The number of benzene rings is 1. The van der Waals surface area contributed by atoms with E-state index in [4.69, 9.17) is 0 Å². The summed E-state index contributed by atoms with van der Waals surface area (Å²) < 4.78 is 27.1. The topological polar surface area (TPSA) is 49.4 Å². The first-order valence-electron chi connectivity index (χ1n) is 7.35. The smallest absolute Gasteiger partial charge is 0.243 e. The van der Waals surface area contributed by atoms with Gasteiger partial charge in [-0.25, -0.2) is 8.42 Å². The van der Waals surface area contributed by atoms with Crippen molar-refractivity contribution in [3.8, 4) is 0 Å². The molecule has 4 nitrogen and oxygen atoms in total. The quantitative estimate of drug-likeness (QED) is 0.910. The molecule has 0 aromatic heterocycles. The van der Waals surface area contributed by atoms with Crippen LogP contribution >= 0.6 is 0 Å². The molecule has 2 unspecified atom stereocenters. The molecule has 0 bridgehead atoms. The lowest BCUT2D eigenvalue weighted by Gasteiger charge is -2.21. The Labute approximate surface area is 121 Å². The Morgan fingerprint density at radius 1 is 1.20 bits per heavy atom. The summed E-state index contributed by atoms with van der Waals surface area (Å²) in [7, 11) is -3.33. The molecule has 2 atom stereocenters. The summed E-state index contributed by atoms with van der Waals surface area (Å²) in [6.07, 6.45) is 2.02. The normalized spacial score (nSPS) is 27.1. The van der Waals surface area contributed by atoms with Crippen LogP contribution in [0, 0.1) is 11.8 Å². The average Bonchev–Trinajstić information content (AvgIpc) is 2.79. The molecule has 20 heavy (non-hydrogen) atoms. The monoisotopic (exact) mass is 294 g/mol. The number of aryl methyl sites for hydroxylation is 1. The van der Waals surface area contributed by atoms with Crippen LogP contribution in [-0.2, 0) is 16.4 Å². The zero-order chi connectivity index (χ0) is 14.3. The summed E-state index contributed by atoms with van der Waals surface area (Å²) in [5.74, 6) is 0.869. The van der Waals surface area contributed by atoms with Crippen LogP contribution in [0.1, 0.15) is 25.8 Å². The molecule has 1 aromatic rings. The van der Waals surface area contributed by atoms with Crippen molar-refractivity contribution in [1.29, 1.82) is 0 Å². The van der Waals surface area contributed by atoms with Crippen molar-refractivity contribution < 1.29 is 8.42 Å². The van der Waals surface area contributed by atoms with Gasteiger partial charge in [0.2, 0.25) is 10.0 Å². The second-order valence-electron chi connectivity index (χ2n) is 6.13. The Hall–Kier alpha value is -1.07. The highest BCUT2D eigenvalue weighted by Crippen LogP contribution is 2.30. The van der Waals surface area contributed by atoms with E-state index in [1.54, 1.807) is 10.4 Å². The predicted molar refractivity (Wildman–Crippen MR) is 80.3 cm³/mol. The van der Waals surface area contributed by atoms with Crippen LogP contribution in [0.5, 0.6) is 0 Å². The lowest BCUT2D eigenvalue weighted by atomic mass is 10.0. The van der Waals surface area contributed by atoms with Crippen molar-refractivity contribution >= 4 is 15.7 Å². The number of sulfonamides is 1. The number of anilines is 1. The second-order valence-corrected chi connectivity index (χ2v) is 8.06. The number of nitrogens with zero attached hydrogens (tertiary/aromatic N) is 1. The van der Waals surface area contributed by atoms with Crippen LogP contribution in [0.4, 0.5) is 5.69 Å². The number of rotatable bonds is 2. The largest absolute Gasteiger partial charge is 0.385 e. The Kier molecular flexibility index (Phi) is 3.50. The summed E-state index contributed by atoms with van der Waals surface area (Å²) in [5, 5.41) is 3.32. The van der Waals surface area contributed by atoms with E-state index in [0.717, 1.165) is 30.6 Å². The van der Waals surface area contributed by atoms with E-state index in [1.807, 2.05) is 12.1 Å². The molecule has 1 saturated heterocycles. The molecule has 0 spiro atoms. The highest BCUT2D eigenvalue weighted by Gasteiger charge is 2.35. The van der Waals surface area contributed by atoms with E-state index in [9.17, 15) is 8.42 Å². The standard InChI is InChI=1S/C15H22N2O2S/c1-11-9-17(10-12(11)2)20(18,19)14-5-6-15-13(8-14)4-3-7-16-15/h5-6,8,11-12,16H,3-4,7,9-10H2,1-2H3. The maximum absolute atomic E-state index is 12.7. The number of hydrogen-bond acceptors (Lipinski definition) is 3. The van der Waals surface area contributed by atoms with Crippen molar-refractivity contribution in [1.82, 2.24) is 4.31 Å². The summed E-state index contributed by atoms with van der Waals surface area (Å²) in [6.45, 7) is 6.49. The molecule has 5 heteroatoms. The molecule has 0 aliphatic carbocycles. The van der Waals surface area contributed by atoms with Gasteiger partial charge < -0.3 is 5.32 Å². The van der Waals surface area contributed by atoms with Gasteiger partial charge in [-0.05, 0) is 48.4 Å². The van der Waals surface area contributed by atoms with Crippen molar-refractivity contribution in [2.45, 2.75) is 31.6 Å². The fourth-order valence-electron chi connectivity index (χ4n) is 3.03. The summed E-state index contributed by atoms with van der Waals surface area (Å²) in [6, 6.07) is 5.49. The van der Waals surface area contributed by atoms with Crippen LogP contribution in [0.25, 0.3) is 0 Å². The van der Waals surface area contributed by atoms with Crippen LogP contribution in [0.2, 0.25) is 0 Å². The van der Waals surface area contributed by atoms with Gasteiger partial charge in [-0.3, -0.25) is 0 Å². The fourth-order valence-corrected chi connectivity index (χ4v) is 4.73. The van der Waals surface area contributed by atoms with E-state index in [0.29, 0.717) is 29.8 Å². The summed E-state index contributed by atoms with van der Waals surface area (Å²) >= 11 is 0. The SMILES string of the molecule is CC1CN(S(=O)(=O)c2ccc3c(c2)CCCN3)CC1C. The zero-order valence-electron chi connectivity index (χ0n) is 12.1. The lowest BCUT2D eigenvalue weighted by Crippen LogP contribution is -2.29. The molecule has 3 rings (SSSR count). The predicted octanol–water partition coefficient (Wildman–Crippen LogP) is 2.32. The van der Waals surface area contributed by atoms with Crippen molar-refractivity contribution in [3.63, 3.8) is 0 Å². The third-order valence-corrected chi connectivity index (χ3v) is 6.44. The minimum atomic E-state index is -3.33. The van der Waals surface area contributed by atoms with E-state index < -0.39 is 10.0 Å². The maximum atomic E-state index is 12.7. The number of hydrogen-bond donors (Lipinski definition) is 1. The molecule has 0 saturated carbocycles. The number of nitrogens with one attached hydrogen (secondary N) is 1. The second kappa shape index (κ2) is 5.04. The van der Waals surface area contributed by atoms with Gasteiger partial charge in [-0.1, -0.05) is 13.8 Å². The molecule has 0 amide bonds. The minimum absolute atomic E-state index is 0.434. The third kappa shape index (κ3) is 2.33. The van der Waals surface area contributed by atoms with Crippen LogP contribution in [0.3, 0.4) is 0 Å². The average molecular weight is 294 g/mol. The van der Waals surface area contributed by atoms with Gasteiger partial charge in [0, 0.05) is 25.3 Å². The van der Waals surface area contributed by atoms with E-state index >= 15 is 0 Å². The van der Waals surface area contributed by atoms with Crippen LogP contribution < -0.4 is 5.32 Å². The van der Waals surface area contributed by atoms with E-state index in [2.05, 4.69) is 19.2 Å². The minimum Gasteiger partial charge on any atom is -0.385 e. The number of fused-ring (bicyclic) bond motifs is 1. The summed E-state index contributed by atoms with van der Waals surface area (Å²) in [4.78, 5) is 0.446. The maximum Gasteiger partial charge on any atom is 0.243 e. The molecule has 110 valence electrons. The van der Waals surface area contributed by atoms with E-state index in [-0.39, 0.29) is 0 Å². The molecule has 2 aliphatic rings. The first-order chi connectivity index (χ1) is 9.48. The zero-order valence-corrected chi connectivity index (χ0v) is 12.9. The van der Waals surface area contributed by atoms with Gasteiger partial charge in [-0.2, -0.15) is 4.31 Å².